The van der Waals surface area contributed by atoms with Crippen molar-refractivity contribution in [1.82, 2.24) is 0 Å². The molecule has 0 fully saturated rings. The minimum absolute atomic E-state index is 0.883. The van der Waals surface area contributed by atoms with Gasteiger partial charge in [-0.3, -0.25) is 0 Å². The molecule has 0 radical (unpaired) electrons. The highest BCUT2D eigenvalue weighted by molar-refractivity contribution is 4.99. The van der Waals surface area contributed by atoms with Gasteiger partial charge < -0.3 is 0 Å². The summed E-state index contributed by atoms with van der Waals surface area (Å²) < 4.78 is 0. The number of unbranched alkanes of at least 4 members (excludes halogenated alkanes) is 16. The second kappa shape index (κ2) is 32.0. The molecule has 0 nitrogen and oxygen atoms in total. The van der Waals surface area contributed by atoms with E-state index in [0.29, 0.717) is 0 Å². The molecule has 0 aliphatic heterocycles. The molecule has 0 saturated carbocycles. The van der Waals surface area contributed by atoms with Crippen molar-refractivity contribution in [3.05, 3.63) is 48.6 Å². The van der Waals surface area contributed by atoms with Gasteiger partial charge in [0, 0.05) is 0 Å². The van der Waals surface area contributed by atoms with E-state index in [9.17, 15) is 0 Å². The highest BCUT2D eigenvalue weighted by Gasteiger charge is 2.01. The lowest BCUT2D eigenvalue weighted by Crippen LogP contribution is -1.94. The Labute approximate surface area is 229 Å². The zero-order valence-electron chi connectivity index (χ0n) is 25.2. The van der Waals surface area contributed by atoms with E-state index in [4.69, 9.17) is 0 Å². The summed E-state index contributed by atoms with van der Waals surface area (Å²) in [5, 5.41) is 0. The maximum atomic E-state index is 2.45. The Morgan fingerprint density at radius 2 is 0.722 bits per heavy atom. The molecule has 0 amide bonds. The summed E-state index contributed by atoms with van der Waals surface area (Å²) in [6.45, 7) is 7.01. The molecule has 0 aromatic rings. The molecule has 210 valence electrons. The zero-order valence-corrected chi connectivity index (χ0v) is 25.2. The normalized spacial score (nSPS) is 13.3. The molecule has 1 unspecified atom stereocenters. The van der Waals surface area contributed by atoms with E-state index < -0.39 is 0 Å². The van der Waals surface area contributed by atoms with Crippen LogP contribution in [0.2, 0.25) is 0 Å². The average Bonchev–Trinajstić information content (AvgIpc) is 2.88. The third kappa shape index (κ3) is 31.0. The van der Waals surface area contributed by atoms with E-state index in [-0.39, 0.29) is 0 Å². The number of hydrogen-bond acceptors (Lipinski definition) is 0. The Morgan fingerprint density at radius 3 is 1.19 bits per heavy atom. The number of allylic oxidation sites excluding steroid dienone is 8. The fourth-order valence-corrected chi connectivity index (χ4v) is 4.77. The van der Waals surface area contributed by atoms with Gasteiger partial charge in [-0.1, -0.05) is 179 Å². The monoisotopic (exact) mass is 499 g/mol. The van der Waals surface area contributed by atoms with Crippen LogP contribution < -0.4 is 0 Å². The van der Waals surface area contributed by atoms with Crippen LogP contribution in [-0.4, -0.2) is 0 Å². The van der Waals surface area contributed by atoms with Gasteiger partial charge in [0.05, 0.1) is 0 Å². The summed E-state index contributed by atoms with van der Waals surface area (Å²) in [6.07, 6.45) is 51.4. The van der Waals surface area contributed by atoms with Gasteiger partial charge in [-0.15, -0.1) is 0 Å². The van der Waals surface area contributed by atoms with E-state index in [1.165, 1.54) is 135 Å². The van der Waals surface area contributed by atoms with Gasteiger partial charge in [-0.25, -0.2) is 0 Å². The van der Waals surface area contributed by atoms with Crippen LogP contribution in [0.4, 0.5) is 0 Å². The van der Waals surface area contributed by atoms with Crippen molar-refractivity contribution in [2.24, 2.45) is 5.92 Å². The lowest BCUT2D eigenvalue weighted by molar-refractivity contribution is 0.456. The molecular formula is C36H66. The van der Waals surface area contributed by atoms with Crippen molar-refractivity contribution in [2.45, 2.75) is 175 Å². The molecule has 0 spiro atoms. The molecule has 36 heavy (non-hydrogen) atoms. The summed E-state index contributed by atoms with van der Waals surface area (Å²) in [6, 6.07) is 0. The van der Waals surface area contributed by atoms with Crippen molar-refractivity contribution < 1.29 is 0 Å². The number of rotatable bonds is 28. The van der Waals surface area contributed by atoms with Crippen LogP contribution in [0.5, 0.6) is 0 Å². The molecule has 0 N–H and O–H groups in total. The Bertz CT molecular complexity index is 506. The summed E-state index contributed by atoms with van der Waals surface area (Å²) in [5.41, 5.74) is 0. The first-order valence-electron chi connectivity index (χ1n) is 16.4. The van der Waals surface area contributed by atoms with Crippen LogP contribution >= 0.6 is 0 Å². The average molecular weight is 499 g/mol. The van der Waals surface area contributed by atoms with Crippen molar-refractivity contribution in [3.63, 3.8) is 0 Å². The molecule has 0 bridgehead atoms. The van der Waals surface area contributed by atoms with Crippen molar-refractivity contribution in [2.75, 3.05) is 0 Å². The molecule has 0 heterocycles. The topological polar surface area (TPSA) is 0 Å². The van der Waals surface area contributed by atoms with Crippen LogP contribution in [0, 0.1) is 5.92 Å². The quantitative estimate of drug-likeness (QED) is 0.0743. The Balaban J connectivity index is 3.36. The fraction of sp³-hybridized carbons (Fsp3) is 0.778. The molecule has 0 aromatic heterocycles. The highest BCUT2D eigenvalue weighted by Crippen LogP contribution is 2.17. The second-order valence-electron chi connectivity index (χ2n) is 11.2. The van der Waals surface area contributed by atoms with Gasteiger partial charge in [0.25, 0.3) is 0 Å². The Morgan fingerprint density at radius 1 is 0.361 bits per heavy atom. The largest absolute Gasteiger partial charge is 0.0882 e. The van der Waals surface area contributed by atoms with Crippen LogP contribution in [0.3, 0.4) is 0 Å². The molecule has 0 aliphatic carbocycles. The number of hydrogen-bond donors (Lipinski definition) is 0. The first kappa shape index (κ1) is 35.0. The fourth-order valence-electron chi connectivity index (χ4n) is 4.77. The molecule has 0 rings (SSSR count). The molecular weight excluding hydrogens is 432 g/mol. The van der Waals surface area contributed by atoms with E-state index in [0.717, 1.165) is 25.2 Å². The van der Waals surface area contributed by atoms with Crippen molar-refractivity contribution >= 4 is 0 Å². The van der Waals surface area contributed by atoms with Gasteiger partial charge in [-0.05, 0) is 50.9 Å². The summed E-state index contributed by atoms with van der Waals surface area (Å²) in [4.78, 5) is 0. The first-order valence-corrected chi connectivity index (χ1v) is 16.4. The third-order valence-corrected chi connectivity index (χ3v) is 7.33. The second-order valence-corrected chi connectivity index (χ2v) is 11.2. The third-order valence-electron chi connectivity index (χ3n) is 7.33. The minimum Gasteiger partial charge on any atom is -0.0882 e. The first-order chi connectivity index (χ1) is 17.8. The smallest absolute Gasteiger partial charge is 0.0169 e. The van der Waals surface area contributed by atoms with Crippen LogP contribution in [0.1, 0.15) is 175 Å². The van der Waals surface area contributed by atoms with E-state index >= 15 is 0 Å². The lowest BCUT2D eigenvalue weighted by Gasteiger charge is -2.09. The lowest BCUT2D eigenvalue weighted by atomic mass is 9.97. The van der Waals surface area contributed by atoms with Crippen LogP contribution in [0.15, 0.2) is 48.6 Å². The molecule has 0 aliphatic rings. The van der Waals surface area contributed by atoms with Crippen LogP contribution in [0.25, 0.3) is 0 Å². The van der Waals surface area contributed by atoms with E-state index in [2.05, 4.69) is 69.4 Å². The maximum Gasteiger partial charge on any atom is -0.0169 e. The van der Waals surface area contributed by atoms with Crippen molar-refractivity contribution in [1.29, 1.82) is 0 Å². The zero-order chi connectivity index (χ0) is 26.2. The Kier molecular flexibility index (Phi) is 31.1. The maximum absolute atomic E-state index is 2.45. The summed E-state index contributed by atoms with van der Waals surface area (Å²) >= 11 is 0. The molecule has 0 heteroatoms. The van der Waals surface area contributed by atoms with Crippen LogP contribution in [-0.2, 0) is 0 Å². The molecule has 0 aromatic carbocycles. The molecule has 1 atom stereocenters. The van der Waals surface area contributed by atoms with E-state index in [1.54, 1.807) is 0 Å². The van der Waals surface area contributed by atoms with Gasteiger partial charge in [0.15, 0.2) is 0 Å². The van der Waals surface area contributed by atoms with Gasteiger partial charge in [0.1, 0.15) is 0 Å². The van der Waals surface area contributed by atoms with Gasteiger partial charge in [-0.2, -0.15) is 0 Å². The van der Waals surface area contributed by atoms with Gasteiger partial charge >= 0.3 is 0 Å². The summed E-state index contributed by atoms with van der Waals surface area (Å²) in [7, 11) is 0. The predicted octanol–water partition coefficient (Wildman–Crippen LogP) is 13.2. The SMILES string of the molecule is CCCCC/C=C\C/C=C\C/C=C\C/C=C\CCC(C)CCCCCCCCCCCCCCCC. The Hall–Kier alpha value is -1.04. The molecule has 0 saturated heterocycles. The predicted molar refractivity (Wildman–Crippen MR) is 168 cm³/mol. The van der Waals surface area contributed by atoms with Crippen molar-refractivity contribution in [3.8, 4) is 0 Å². The van der Waals surface area contributed by atoms with Gasteiger partial charge in [0.2, 0.25) is 0 Å². The highest BCUT2D eigenvalue weighted by atomic mass is 14.1. The van der Waals surface area contributed by atoms with E-state index in [1.807, 2.05) is 0 Å². The minimum atomic E-state index is 0.883. The summed E-state index contributed by atoms with van der Waals surface area (Å²) in [5.74, 6) is 0.883. The standard InChI is InChI=1S/C36H66/c1-4-6-8-10-12-14-16-18-20-21-23-25-27-29-31-33-35-36(3)34-32-30-28-26-24-22-19-17-15-13-11-9-7-5-2/h12,14,18,20,23,25,29,31,36H,4-11,13,15-17,19,21-22,24,26-28,30,32-35H2,1-3H3/b14-12-,20-18-,25-23-,31-29-.